The molecule has 0 aliphatic carbocycles. The van der Waals surface area contributed by atoms with Gasteiger partial charge in [0.25, 0.3) is 0 Å². The van der Waals surface area contributed by atoms with Crippen LogP contribution >= 0.6 is 12.4 Å². The lowest BCUT2D eigenvalue weighted by Crippen LogP contribution is -2.28. The minimum Gasteiger partial charge on any atom is -0.465 e. The quantitative estimate of drug-likeness (QED) is 0.862. The molecule has 19 heavy (non-hydrogen) atoms. The molecular weight excluding hydrogens is 262 g/mol. The van der Waals surface area contributed by atoms with Crippen molar-refractivity contribution in [1.82, 2.24) is 4.90 Å². The van der Waals surface area contributed by atoms with Gasteiger partial charge in [-0.1, -0.05) is 54.6 Å². The summed E-state index contributed by atoms with van der Waals surface area (Å²) in [5, 5.41) is 9.34. The number of halogens is 1. The Kier molecular flexibility index (Phi) is 3.76. The molecule has 0 spiro atoms. The number of amides is 1. The van der Waals surface area contributed by atoms with Crippen LogP contribution in [0, 0.1) is 0 Å². The van der Waals surface area contributed by atoms with Crippen LogP contribution in [0.2, 0.25) is 0 Å². The highest BCUT2D eigenvalue weighted by atomic mass is 35.5. The van der Waals surface area contributed by atoms with Crippen molar-refractivity contribution in [3.63, 3.8) is 0 Å². The van der Waals surface area contributed by atoms with E-state index in [0.29, 0.717) is 6.54 Å². The molecule has 1 aliphatic heterocycles. The lowest BCUT2D eigenvalue weighted by atomic mass is 9.98. The zero-order valence-corrected chi connectivity index (χ0v) is 11.0. The van der Waals surface area contributed by atoms with Gasteiger partial charge in [0.2, 0.25) is 0 Å². The van der Waals surface area contributed by atoms with Crippen LogP contribution in [0.25, 0.3) is 0 Å². The molecule has 1 aliphatic rings. The normalized spacial score (nSPS) is 16.6. The van der Waals surface area contributed by atoms with Crippen molar-refractivity contribution >= 4 is 18.5 Å². The van der Waals surface area contributed by atoms with E-state index in [-0.39, 0.29) is 18.4 Å². The van der Waals surface area contributed by atoms with E-state index in [2.05, 4.69) is 0 Å². The molecule has 1 atom stereocenters. The van der Waals surface area contributed by atoms with Crippen LogP contribution in [0.4, 0.5) is 4.79 Å². The van der Waals surface area contributed by atoms with E-state index in [1.807, 2.05) is 54.6 Å². The molecule has 2 aromatic carbocycles. The van der Waals surface area contributed by atoms with Crippen molar-refractivity contribution in [3.05, 3.63) is 71.3 Å². The van der Waals surface area contributed by atoms with Crippen LogP contribution in [-0.2, 0) is 6.54 Å². The van der Waals surface area contributed by atoms with Crippen molar-refractivity contribution in [2.45, 2.75) is 12.6 Å². The average molecular weight is 276 g/mol. The van der Waals surface area contributed by atoms with Crippen LogP contribution in [-0.4, -0.2) is 16.1 Å². The molecule has 1 amide bonds. The predicted octanol–water partition coefficient (Wildman–Crippen LogP) is 3.69. The fourth-order valence-corrected chi connectivity index (χ4v) is 2.56. The molecule has 3 rings (SSSR count). The van der Waals surface area contributed by atoms with Gasteiger partial charge in [-0.2, -0.15) is 0 Å². The number of nitrogens with zero attached hydrogens (tertiary/aromatic N) is 1. The van der Waals surface area contributed by atoms with E-state index in [1.54, 1.807) is 0 Å². The summed E-state index contributed by atoms with van der Waals surface area (Å²) < 4.78 is 0. The summed E-state index contributed by atoms with van der Waals surface area (Å²) in [7, 11) is 0. The van der Waals surface area contributed by atoms with Crippen LogP contribution < -0.4 is 0 Å². The first-order valence-electron chi connectivity index (χ1n) is 5.89. The Labute approximate surface area is 117 Å². The van der Waals surface area contributed by atoms with Gasteiger partial charge in [0.05, 0.1) is 12.6 Å². The van der Waals surface area contributed by atoms with Gasteiger partial charge in [0.15, 0.2) is 0 Å². The number of rotatable bonds is 1. The summed E-state index contributed by atoms with van der Waals surface area (Å²) in [4.78, 5) is 12.9. The third-order valence-corrected chi connectivity index (χ3v) is 3.36. The Balaban J connectivity index is 0.00000133. The van der Waals surface area contributed by atoms with Crippen molar-refractivity contribution in [1.29, 1.82) is 0 Å². The highest BCUT2D eigenvalue weighted by Gasteiger charge is 2.34. The number of carboxylic acid groups (broad SMARTS) is 1. The second-order valence-corrected chi connectivity index (χ2v) is 4.42. The first kappa shape index (κ1) is 13.4. The van der Waals surface area contributed by atoms with E-state index in [9.17, 15) is 9.90 Å². The third kappa shape index (κ3) is 2.29. The Hall–Kier alpha value is -2.00. The van der Waals surface area contributed by atoms with E-state index < -0.39 is 6.09 Å². The van der Waals surface area contributed by atoms with Crippen LogP contribution in [0.15, 0.2) is 54.6 Å². The van der Waals surface area contributed by atoms with Crippen LogP contribution in [0.1, 0.15) is 22.7 Å². The first-order valence-corrected chi connectivity index (χ1v) is 5.89. The Morgan fingerprint density at radius 3 is 2.37 bits per heavy atom. The van der Waals surface area contributed by atoms with Crippen LogP contribution in [0.3, 0.4) is 0 Å². The lowest BCUT2D eigenvalue weighted by Gasteiger charge is -2.22. The fourth-order valence-electron chi connectivity index (χ4n) is 2.56. The van der Waals surface area contributed by atoms with Gasteiger partial charge in [0, 0.05) is 0 Å². The third-order valence-electron chi connectivity index (χ3n) is 3.36. The van der Waals surface area contributed by atoms with E-state index in [4.69, 9.17) is 0 Å². The summed E-state index contributed by atoms with van der Waals surface area (Å²) in [6, 6.07) is 17.5. The molecule has 1 N–H and O–H groups in total. The highest BCUT2D eigenvalue weighted by molar-refractivity contribution is 5.85. The van der Waals surface area contributed by atoms with Gasteiger partial charge in [0.1, 0.15) is 0 Å². The highest BCUT2D eigenvalue weighted by Crippen LogP contribution is 2.38. The van der Waals surface area contributed by atoms with Gasteiger partial charge >= 0.3 is 6.09 Å². The second kappa shape index (κ2) is 5.33. The Morgan fingerprint density at radius 2 is 1.68 bits per heavy atom. The maximum absolute atomic E-state index is 11.4. The maximum atomic E-state index is 11.4. The van der Waals surface area contributed by atoms with Gasteiger partial charge < -0.3 is 5.11 Å². The first-order chi connectivity index (χ1) is 8.77. The van der Waals surface area contributed by atoms with Crippen LogP contribution in [0.5, 0.6) is 0 Å². The minimum atomic E-state index is -0.875. The zero-order chi connectivity index (χ0) is 12.5. The van der Waals surface area contributed by atoms with Crippen molar-refractivity contribution in [3.8, 4) is 0 Å². The topological polar surface area (TPSA) is 40.5 Å². The van der Waals surface area contributed by atoms with Gasteiger partial charge in [-0.25, -0.2) is 4.79 Å². The summed E-state index contributed by atoms with van der Waals surface area (Å²) in [5.41, 5.74) is 3.20. The Morgan fingerprint density at radius 1 is 1.05 bits per heavy atom. The van der Waals surface area contributed by atoms with Crippen molar-refractivity contribution in [2.24, 2.45) is 0 Å². The second-order valence-electron chi connectivity index (χ2n) is 4.42. The SMILES string of the molecule is Cl.O=C(O)N1Cc2ccccc2C1c1ccccc1. The molecule has 0 fully saturated rings. The molecule has 0 saturated heterocycles. The van der Waals surface area contributed by atoms with E-state index in [0.717, 1.165) is 16.7 Å². The molecular formula is C15H14ClNO2. The summed E-state index contributed by atoms with van der Waals surface area (Å²) in [6.07, 6.45) is -0.875. The molecule has 3 nitrogen and oxygen atoms in total. The Bertz CT molecular complexity index is 586. The molecule has 0 bridgehead atoms. The van der Waals surface area contributed by atoms with E-state index >= 15 is 0 Å². The molecule has 0 saturated carbocycles. The van der Waals surface area contributed by atoms with Crippen molar-refractivity contribution < 1.29 is 9.90 Å². The number of hydrogen-bond acceptors (Lipinski definition) is 1. The minimum absolute atomic E-state index is 0. The molecule has 1 heterocycles. The summed E-state index contributed by atoms with van der Waals surface area (Å²) in [6.45, 7) is 0.463. The molecule has 1 unspecified atom stereocenters. The largest absolute Gasteiger partial charge is 0.465 e. The fraction of sp³-hybridized carbons (Fsp3) is 0.133. The summed E-state index contributed by atoms with van der Waals surface area (Å²) in [5.74, 6) is 0. The summed E-state index contributed by atoms with van der Waals surface area (Å²) >= 11 is 0. The zero-order valence-electron chi connectivity index (χ0n) is 10.2. The smallest absolute Gasteiger partial charge is 0.408 e. The predicted molar refractivity (Wildman–Crippen MR) is 75.5 cm³/mol. The number of fused-ring (bicyclic) bond motifs is 1. The monoisotopic (exact) mass is 275 g/mol. The molecule has 4 heteroatoms. The number of hydrogen-bond donors (Lipinski definition) is 1. The molecule has 2 aromatic rings. The number of carbonyl (C=O) groups is 1. The molecule has 0 radical (unpaired) electrons. The van der Waals surface area contributed by atoms with Gasteiger partial charge in [-0.05, 0) is 16.7 Å². The lowest BCUT2D eigenvalue weighted by molar-refractivity contribution is 0.136. The molecule has 0 aromatic heterocycles. The average Bonchev–Trinajstić information content (AvgIpc) is 2.79. The van der Waals surface area contributed by atoms with Crippen molar-refractivity contribution in [2.75, 3.05) is 0 Å². The van der Waals surface area contributed by atoms with E-state index in [1.165, 1.54) is 4.90 Å². The molecule has 98 valence electrons. The standard InChI is InChI=1S/C15H13NO2.ClH/c17-15(18)16-10-12-8-4-5-9-13(12)14(16)11-6-2-1-3-7-11;/h1-9,14H,10H2,(H,17,18);1H. The van der Waals surface area contributed by atoms with Gasteiger partial charge in [-0.15, -0.1) is 12.4 Å². The maximum Gasteiger partial charge on any atom is 0.408 e. The van der Waals surface area contributed by atoms with Gasteiger partial charge in [-0.3, -0.25) is 4.90 Å². The number of benzene rings is 2.